The van der Waals surface area contributed by atoms with Crippen LogP contribution in [0.15, 0.2) is 59.3 Å². The predicted octanol–water partition coefficient (Wildman–Crippen LogP) is 3.69. The van der Waals surface area contributed by atoms with Gasteiger partial charge in [-0.15, -0.1) is 0 Å². The molecule has 2 aromatic carbocycles. The first-order valence-electron chi connectivity index (χ1n) is 7.60. The molecule has 1 amide bonds. The van der Waals surface area contributed by atoms with E-state index in [4.69, 9.17) is 4.52 Å². The van der Waals surface area contributed by atoms with Crippen LogP contribution in [0.5, 0.6) is 0 Å². The molecule has 0 aliphatic rings. The van der Waals surface area contributed by atoms with E-state index >= 15 is 0 Å². The zero-order valence-corrected chi connectivity index (χ0v) is 13.8. The van der Waals surface area contributed by atoms with Gasteiger partial charge in [-0.2, -0.15) is 0 Å². The number of esters is 1. The Morgan fingerprint density at radius 3 is 2.36 bits per heavy atom. The standard InChI is InChI=1S/C19H16N2O4/c1-12-3-5-13(6-4-12)17-16(11-20-25-17)18(22)21-15-9-7-14(8-10-15)19(23)24-2/h3-11H,1-2H3,(H,21,22). The zero-order chi connectivity index (χ0) is 17.8. The molecule has 0 saturated carbocycles. The first-order valence-corrected chi connectivity index (χ1v) is 7.60. The third kappa shape index (κ3) is 3.58. The molecule has 0 radical (unpaired) electrons. The third-order valence-corrected chi connectivity index (χ3v) is 3.69. The summed E-state index contributed by atoms with van der Waals surface area (Å²) >= 11 is 0. The van der Waals surface area contributed by atoms with Gasteiger partial charge in [0.1, 0.15) is 5.56 Å². The molecular weight excluding hydrogens is 320 g/mol. The van der Waals surface area contributed by atoms with Crippen molar-refractivity contribution in [2.75, 3.05) is 12.4 Å². The Hall–Kier alpha value is -3.41. The number of carbonyl (C=O) groups excluding carboxylic acids is 2. The summed E-state index contributed by atoms with van der Waals surface area (Å²) in [5.41, 5.74) is 3.18. The number of anilines is 1. The zero-order valence-electron chi connectivity index (χ0n) is 13.8. The van der Waals surface area contributed by atoms with Crippen LogP contribution in [0.2, 0.25) is 0 Å². The number of hydrogen-bond acceptors (Lipinski definition) is 5. The molecule has 0 bridgehead atoms. The second-order valence-corrected chi connectivity index (χ2v) is 5.46. The number of methoxy groups -OCH3 is 1. The number of nitrogens with zero attached hydrogens (tertiary/aromatic N) is 1. The highest BCUT2D eigenvalue weighted by atomic mass is 16.5. The number of rotatable bonds is 4. The average molecular weight is 336 g/mol. The van der Waals surface area contributed by atoms with Gasteiger partial charge in [-0.3, -0.25) is 4.79 Å². The minimum atomic E-state index is -0.432. The highest BCUT2D eigenvalue weighted by Gasteiger charge is 2.18. The second-order valence-electron chi connectivity index (χ2n) is 5.46. The van der Waals surface area contributed by atoms with Gasteiger partial charge >= 0.3 is 5.97 Å². The molecule has 1 heterocycles. The smallest absolute Gasteiger partial charge is 0.337 e. The van der Waals surface area contributed by atoms with Crippen LogP contribution in [0, 0.1) is 6.92 Å². The summed E-state index contributed by atoms with van der Waals surface area (Å²) in [6.45, 7) is 1.98. The molecule has 0 atom stereocenters. The van der Waals surface area contributed by atoms with E-state index in [0.717, 1.165) is 11.1 Å². The topological polar surface area (TPSA) is 81.4 Å². The molecule has 1 aromatic heterocycles. The fourth-order valence-corrected chi connectivity index (χ4v) is 2.32. The molecule has 0 aliphatic heterocycles. The number of hydrogen-bond donors (Lipinski definition) is 1. The first-order chi connectivity index (χ1) is 12.1. The summed E-state index contributed by atoms with van der Waals surface area (Å²) < 4.78 is 9.88. The molecular formula is C19H16N2O4. The number of nitrogens with one attached hydrogen (secondary N) is 1. The van der Waals surface area contributed by atoms with Gasteiger partial charge in [0.05, 0.1) is 18.9 Å². The van der Waals surface area contributed by atoms with Crippen LogP contribution in [0.4, 0.5) is 5.69 Å². The van der Waals surface area contributed by atoms with Crippen molar-refractivity contribution in [3.63, 3.8) is 0 Å². The number of aryl methyl sites for hydroxylation is 1. The van der Waals surface area contributed by atoms with E-state index in [-0.39, 0.29) is 5.91 Å². The van der Waals surface area contributed by atoms with E-state index < -0.39 is 5.97 Å². The van der Waals surface area contributed by atoms with Crippen molar-refractivity contribution in [3.8, 4) is 11.3 Å². The van der Waals surface area contributed by atoms with Gasteiger partial charge in [0, 0.05) is 11.3 Å². The summed E-state index contributed by atoms with van der Waals surface area (Å²) in [5, 5.41) is 6.49. The molecule has 1 N–H and O–H groups in total. The monoisotopic (exact) mass is 336 g/mol. The Morgan fingerprint density at radius 1 is 1.04 bits per heavy atom. The van der Waals surface area contributed by atoms with Gasteiger partial charge in [0.25, 0.3) is 5.91 Å². The lowest BCUT2D eigenvalue weighted by atomic mass is 10.1. The van der Waals surface area contributed by atoms with Gasteiger partial charge < -0.3 is 14.6 Å². The van der Waals surface area contributed by atoms with Crippen LogP contribution in [0.1, 0.15) is 26.3 Å². The molecule has 3 rings (SSSR count). The molecule has 0 unspecified atom stereocenters. The third-order valence-electron chi connectivity index (χ3n) is 3.69. The van der Waals surface area contributed by atoms with Crippen LogP contribution >= 0.6 is 0 Å². The SMILES string of the molecule is COC(=O)c1ccc(NC(=O)c2cnoc2-c2ccc(C)cc2)cc1. The fourth-order valence-electron chi connectivity index (χ4n) is 2.32. The van der Waals surface area contributed by atoms with Crippen molar-refractivity contribution < 1.29 is 18.8 Å². The van der Waals surface area contributed by atoms with Gasteiger partial charge in [-0.25, -0.2) is 4.79 Å². The van der Waals surface area contributed by atoms with Crippen molar-refractivity contribution in [3.05, 3.63) is 71.4 Å². The summed E-state index contributed by atoms with van der Waals surface area (Å²) in [6.07, 6.45) is 1.38. The van der Waals surface area contributed by atoms with Crippen molar-refractivity contribution in [2.24, 2.45) is 0 Å². The number of carbonyl (C=O) groups is 2. The molecule has 0 saturated heterocycles. The molecule has 25 heavy (non-hydrogen) atoms. The van der Waals surface area contributed by atoms with Gasteiger partial charge in [0.2, 0.25) is 0 Å². The summed E-state index contributed by atoms with van der Waals surface area (Å²) in [4.78, 5) is 23.9. The van der Waals surface area contributed by atoms with E-state index in [9.17, 15) is 9.59 Å². The largest absolute Gasteiger partial charge is 0.465 e. The molecule has 126 valence electrons. The minimum Gasteiger partial charge on any atom is -0.465 e. The fraction of sp³-hybridized carbons (Fsp3) is 0.105. The van der Waals surface area contributed by atoms with E-state index in [0.29, 0.717) is 22.6 Å². The Morgan fingerprint density at radius 2 is 1.72 bits per heavy atom. The van der Waals surface area contributed by atoms with Gasteiger partial charge in [-0.05, 0) is 31.2 Å². The van der Waals surface area contributed by atoms with E-state index in [2.05, 4.69) is 15.2 Å². The average Bonchev–Trinajstić information content (AvgIpc) is 3.12. The normalized spacial score (nSPS) is 10.3. The maximum atomic E-state index is 12.5. The van der Waals surface area contributed by atoms with Crippen molar-refractivity contribution in [1.29, 1.82) is 0 Å². The number of benzene rings is 2. The quantitative estimate of drug-likeness (QED) is 0.735. The van der Waals surface area contributed by atoms with Crippen LogP contribution in [0.3, 0.4) is 0 Å². The molecule has 0 fully saturated rings. The second kappa shape index (κ2) is 7.00. The highest BCUT2D eigenvalue weighted by molar-refractivity contribution is 6.07. The minimum absolute atomic E-state index is 0.334. The number of amides is 1. The summed E-state index contributed by atoms with van der Waals surface area (Å²) in [5.74, 6) is -0.370. The predicted molar refractivity (Wildman–Crippen MR) is 92.4 cm³/mol. The van der Waals surface area contributed by atoms with Gasteiger partial charge in [0.15, 0.2) is 5.76 Å². The number of ether oxygens (including phenoxy) is 1. The van der Waals surface area contributed by atoms with E-state index in [1.807, 2.05) is 31.2 Å². The Kier molecular flexibility index (Phi) is 4.61. The molecule has 3 aromatic rings. The maximum Gasteiger partial charge on any atom is 0.337 e. The van der Waals surface area contributed by atoms with Crippen LogP contribution in [-0.4, -0.2) is 24.1 Å². The van der Waals surface area contributed by atoms with Crippen molar-refractivity contribution >= 4 is 17.6 Å². The Balaban J connectivity index is 1.79. The van der Waals surface area contributed by atoms with E-state index in [1.165, 1.54) is 13.3 Å². The van der Waals surface area contributed by atoms with Crippen LogP contribution in [-0.2, 0) is 4.74 Å². The van der Waals surface area contributed by atoms with Gasteiger partial charge in [-0.1, -0.05) is 35.0 Å². The van der Waals surface area contributed by atoms with Crippen molar-refractivity contribution in [2.45, 2.75) is 6.92 Å². The summed E-state index contributed by atoms with van der Waals surface area (Å²) in [6, 6.07) is 14.0. The lowest BCUT2D eigenvalue weighted by molar-refractivity contribution is 0.0600. The molecule has 0 aliphatic carbocycles. The van der Waals surface area contributed by atoms with Crippen molar-refractivity contribution in [1.82, 2.24) is 5.16 Å². The first kappa shape index (κ1) is 16.4. The maximum absolute atomic E-state index is 12.5. The van der Waals surface area contributed by atoms with Crippen LogP contribution < -0.4 is 5.32 Å². The van der Waals surface area contributed by atoms with Crippen LogP contribution in [0.25, 0.3) is 11.3 Å². The Labute approximate surface area is 144 Å². The molecule has 0 spiro atoms. The lowest BCUT2D eigenvalue weighted by Gasteiger charge is -2.06. The Bertz CT molecular complexity index is 896. The number of aromatic nitrogens is 1. The molecule has 6 heteroatoms. The highest BCUT2D eigenvalue weighted by Crippen LogP contribution is 2.25. The molecule has 6 nitrogen and oxygen atoms in total. The van der Waals surface area contributed by atoms with E-state index in [1.54, 1.807) is 24.3 Å². The lowest BCUT2D eigenvalue weighted by Crippen LogP contribution is -2.12. The summed E-state index contributed by atoms with van der Waals surface area (Å²) in [7, 11) is 1.32.